The van der Waals surface area contributed by atoms with Gasteiger partial charge >= 0.3 is 10.2 Å². The average molecular weight is 310 g/mol. The molecule has 0 amide bonds. The quantitative estimate of drug-likeness (QED) is 0.630. The summed E-state index contributed by atoms with van der Waals surface area (Å²) in [6, 6.07) is 9.44. The fourth-order valence-electron chi connectivity index (χ4n) is 1.77. The first kappa shape index (κ1) is 14.6. The Morgan fingerprint density at radius 3 is 1.85 bits per heavy atom. The Balaban J connectivity index is 2.50. The van der Waals surface area contributed by atoms with Crippen molar-refractivity contribution in [1.29, 1.82) is 0 Å². The van der Waals surface area contributed by atoms with Gasteiger partial charge in [-0.05, 0) is 23.8 Å². The van der Waals surface area contributed by atoms with Crippen molar-refractivity contribution in [3.63, 3.8) is 0 Å². The summed E-state index contributed by atoms with van der Waals surface area (Å²) in [7, 11) is -8.20. The number of benzene rings is 2. The summed E-state index contributed by atoms with van der Waals surface area (Å²) >= 11 is 0. The zero-order valence-corrected chi connectivity index (χ0v) is 11.1. The Morgan fingerprint density at radius 1 is 0.800 bits per heavy atom. The molecule has 7 heteroatoms. The molecule has 0 spiro atoms. The zero-order chi connectivity index (χ0) is 15.1. The van der Waals surface area contributed by atoms with Gasteiger partial charge in [-0.2, -0.15) is 0 Å². The molecule has 0 aliphatic rings. The van der Waals surface area contributed by atoms with Crippen molar-refractivity contribution in [2.45, 2.75) is 4.90 Å². The molecule has 0 saturated heterocycles. The predicted molar refractivity (Wildman–Crippen MR) is 69.8 cm³/mol. The van der Waals surface area contributed by atoms with Crippen molar-refractivity contribution < 1.29 is 24.2 Å². The lowest BCUT2D eigenvalue weighted by atomic mass is 10.1. The lowest BCUT2D eigenvalue weighted by Gasteiger charge is -2.40. The summed E-state index contributed by atoms with van der Waals surface area (Å²) in [6.45, 7) is 0. The maximum absolute atomic E-state index is 12.6. The third-order valence-corrected chi connectivity index (χ3v) is 3.88. The Morgan fingerprint density at radius 2 is 1.35 bits per heavy atom. The van der Waals surface area contributed by atoms with Gasteiger partial charge in [0.1, 0.15) is 10.6 Å². The van der Waals surface area contributed by atoms with Gasteiger partial charge in [0.15, 0.2) is 0 Å². The van der Waals surface area contributed by atoms with E-state index in [1.807, 2.05) is 0 Å². The third-order valence-electron chi connectivity index (χ3n) is 2.72. The van der Waals surface area contributed by atoms with Crippen molar-refractivity contribution >= 4 is 10.2 Å². The lowest BCUT2D eigenvalue weighted by Crippen LogP contribution is -2.05. The average Bonchev–Trinajstić information content (AvgIpc) is 2.36. The molecule has 2 aromatic rings. The van der Waals surface area contributed by atoms with Crippen molar-refractivity contribution in [2.24, 2.45) is 0 Å². The lowest BCUT2D eigenvalue weighted by molar-refractivity contribution is 0.364. The smallest absolute Gasteiger partial charge is 0.310 e. The molecule has 0 radical (unpaired) electrons. The number of ether oxygens (including phenoxy) is 1. The van der Waals surface area contributed by atoms with Crippen molar-refractivity contribution in [1.82, 2.24) is 0 Å². The minimum Gasteiger partial charge on any atom is -0.496 e. The van der Waals surface area contributed by atoms with Crippen molar-refractivity contribution in [3.8, 4) is 16.9 Å². The second-order valence-electron chi connectivity index (χ2n) is 4.19. The molecule has 20 heavy (non-hydrogen) atoms. The normalized spacial score (nSPS) is 15.3. The molecule has 0 aliphatic carbocycles. The van der Waals surface area contributed by atoms with E-state index in [9.17, 15) is 19.4 Å². The SMILES string of the molecule is COc1ccccc1-c1ccc(S(F)(F)(F)(F)F)cc1. The first-order valence-corrected chi connectivity index (χ1v) is 7.44. The van der Waals surface area contributed by atoms with Gasteiger partial charge in [-0.1, -0.05) is 49.8 Å². The van der Waals surface area contributed by atoms with E-state index in [0.717, 1.165) is 12.1 Å². The van der Waals surface area contributed by atoms with Gasteiger partial charge in [-0.3, -0.25) is 0 Å². The molecule has 0 fully saturated rings. The van der Waals surface area contributed by atoms with Gasteiger partial charge in [-0.25, -0.2) is 0 Å². The van der Waals surface area contributed by atoms with Crippen LogP contribution in [0.3, 0.4) is 0 Å². The largest absolute Gasteiger partial charge is 0.496 e. The Labute approximate surface area is 112 Å². The monoisotopic (exact) mass is 310 g/mol. The van der Waals surface area contributed by atoms with E-state index in [0.29, 0.717) is 29.0 Å². The molecule has 0 heterocycles. The molecule has 2 aromatic carbocycles. The number of hydrogen-bond donors (Lipinski definition) is 0. The summed E-state index contributed by atoms with van der Waals surface area (Å²) in [5, 5.41) is 0. The molecule has 1 nitrogen and oxygen atoms in total. The molecular formula is C13H11F5OS. The highest BCUT2D eigenvalue weighted by molar-refractivity contribution is 8.45. The van der Waals surface area contributed by atoms with Gasteiger partial charge in [0, 0.05) is 5.56 Å². The van der Waals surface area contributed by atoms with Crippen molar-refractivity contribution in [2.75, 3.05) is 7.11 Å². The molecule has 2 rings (SSSR count). The van der Waals surface area contributed by atoms with E-state index >= 15 is 0 Å². The fraction of sp³-hybridized carbons (Fsp3) is 0.0769. The molecule has 0 N–H and O–H groups in total. The van der Waals surface area contributed by atoms with Gasteiger partial charge in [0.2, 0.25) is 0 Å². The topological polar surface area (TPSA) is 9.23 Å². The number of halogens is 5. The number of rotatable bonds is 3. The standard InChI is InChI=1S/C13H11F5OS/c1-19-13-5-3-2-4-12(13)10-6-8-11(9-7-10)20(14,15,16,17)18/h2-9H,1H3. The van der Waals surface area contributed by atoms with Crippen LogP contribution in [-0.2, 0) is 0 Å². The molecule has 0 atom stereocenters. The Kier molecular flexibility index (Phi) is 2.84. The van der Waals surface area contributed by atoms with E-state index in [1.165, 1.54) is 7.11 Å². The minimum atomic E-state index is -9.62. The number of para-hydroxylation sites is 1. The van der Waals surface area contributed by atoms with Gasteiger partial charge in [0.05, 0.1) is 7.11 Å². The van der Waals surface area contributed by atoms with Gasteiger partial charge in [0.25, 0.3) is 0 Å². The molecule has 0 aromatic heterocycles. The van der Waals surface area contributed by atoms with Crippen molar-refractivity contribution in [3.05, 3.63) is 48.5 Å². The van der Waals surface area contributed by atoms with Gasteiger partial charge in [-0.15, -0.1) is 0 Å². The molecule has 0 bridgehead atoms. The molecule has 110 valence electrons. The van der Waals surface area contributed by atoms with Gasteiger partial charge < -0.3 is 4.74 Å². The summed E-state index contributed by atoms with van der Waals surface area (Å²) in [6.07, 6.45) is 0. The second kappa shape index (κ2) is 3.88. The summed E-state index contributed by atoms with van der Waals surface area (Å²) in [4.78, 5) is -1.90. The van der Waals surface area contributed by atoms with E-state index in [4.69, 9.17) is 4.74 Å². The Bertz CT molecular complexity index is 634. The zero-order valence-electron chi connectivity index (χ0n) is 10.3. The fourth-order valence-corrected chi connectivity index (χ4v) is 2.43. The van der Waals surface area contributed by atoms with Crippen LogP contribution in [0, 0.1) is 0 Å². The maximum Gasteiger partial charge on any atom is 0.310 e. The van der Waals surface area contributed by atoms with Crippen LogP contribution < -0.4 is 4.74 Å². The van der Waals surface area contributed by atoms with Crippen LogP contribution in [-0.4, -0.2) is 7.11 Å². The number of hydrogen-bond acceptors (Lipinski definition) is 1. The second-order valence-corrected chi connectivity index (χ2v) is 6.60. The van der Waals surface area contributed by atoms with Crippen LogP contribution >= 0.6 is 10.2 Å². The highest BCUT2D eigenvalue weighted by Crippen LogP contribution is 3.02. The summed E-state index contributed by atoms with van der Waals surface area (Å²) in [5.74, 6) is 0.451. The molecule has 0 saturated carbocycles. The molecular weight excluding hydrogens is 299 g/mol. The maximum atomic E-state index is 12.6. The highest BCUT2D eigenvalue weighted by Gasteiger charge is 2.65. The van der Waals surface area contributed by atoms with Crippen LogP contribution in [0.25, 0.3) is 11.1 Å². The molecule has 0 aliphatic heterocycles. The summed E-state index contributed by atoms with van der Waals surface area (Å²) in [5.41, 5.74) is 0.900. The van der Waals surface area contributed by atoms with Crippen LogP contribution in [0.4, 0.5) is 19.4 Å². The first-order chi connectivity index (χ1) is 9.01. The predicted octanol–water partition coefficient (Wildman–Crippen LogP) is 6.02. The minimum absolute atomic E-state index is 0.369. The van der Waals surface area contributed by atoms with Crippen LogP contribution in [0.15, 0.2) is 53.4 Å². The highest BCUT2D eigenvalue weighted by atomic mass is 32.5. The molecule has 0 unspecified atom stereocenters. The van der Waals surface area contributed by atoms with Crippen LogP contribution in [0.1, 0.15) is 0 Å². The van der Waals surface area contributed by atoms with E-state index in [-0.39, 0.29) is 0 Å². The number of methoxy groups -OCH3 is 1. The summed E-state index contributed by atoms with van der Waals surface area (Å²) < 4.78 is 68.1. The van der Waals surface area contributed by atoms with Crippen LogP contribution in [0.2, 0.25) is 0 Å². The van der Waals surface area contributed by atoms with E-state index < -0.39 is 15.1 Å². The van der Waals surface area contributed by atoms with E-state index in [2.05, 4.69) is 0 Å². The van der Waals surface area contributed by atoms with E-state index in [1.54, 1.807) is 24.3 Å². The first-order valence-electron chi connectivity index (χ1n) is 5.49. The third kappa shape index (κ3) is 3.04. The Hall–Kier alpha value is -1.76. The van der Waals surface area contributed by atoms with Crippen LogP contribution in [0.5, 0.6) is 5.75 Å².